The zero-order chi connectivity index (χ0) is 36.8. The Kier molecular flexibility index (Phi) is 8.21. The number of ether oxygens (including phenoxy) is 4. The Hall–Kier alpha value is -5.04. The fourth-order valence-corrected chi connectivity index (χ4v) is 7.73. The van der Waals surface area contributed by atoms with Crippen LogP contribution in [0, 0.1) is 6.92 Å². The van der Waals surface area contributed by atoms with Crippen molar-refractivity contribution in [1.82, 2.24) is 5.32 Å². The number of Topliss-reactive ketones (excluding diaryl/α,β-unsaturated/α-hetero) is 3. The van der Waals surface area contributed by atoms with Crippen LogP contribution in [0.1, 0.15) is 75.4 Å². The number of phenolic OH excluding ortho intramolecular Hbond substituents is 1. The third kappa shape index (κ3) is 4.28. The molecule has 264 valence electrons. The molecule has 2 aromatic carbocycles. The van der Waals surface area contributed by atoms with Gasteiger partial charge in [-0.3, -0.25) is 19.2 Å². The zero-order valence-electron chi connectivity index (χ0n) is 27.1. The first-order valence-electron chi connectivity index (χ1n) is 15.1. The van der Waals surface area contributed by atoms with E-state index in [9.17, 15) is 54.7 Å². The molecule has 0 radical (unpaired) electrons. The van der Waals surface area contributed by atoms with Crippen molar-refractivity contribution in [2.45, 2.75) is 62.1 Å². The molecule has 7 unspecified atom stereocenters. The number of carbonyl (C=O) groups is 5. The van der Waals surface area contributed by atoms with Gasteiger partial charge in [0.1, 0.15) is 35.0 Å². The number of aromatic hydroxyl groups is 2. The zero-order valence-corrected chi connectivity index (χ0v) is 27.1. The molecule has 0 spiro atoms. The summed E-state index contributed by atoms with van der Waals surface area (Å²) >= 11 is 0. The number of carboxylic acids is 1. The summed E-state index contributed by atoms with van der Waals surface area (Å²) in [6, 6.07) is 2.03. The number of nitrogens with zero attached hydrogens (tertiary/aromatic N) is 1. The Balaban J connectivity index is 1.51. The van der Waals surface area contributed by atoms with E-state index in [2.05, 4.69) is 10.5 Å². The molecule has 1 fully saturated rings. The van der Waals surface area contributed by atoms with Crippen LogP contribution < -0.4 is 5.32 Å². The van der Waals surface area contributed by atoms with E-state index in [0.717, 1.165) is 19.3 Å². The number of hydrogen-bond acceptors (Lipinski definition) is 16. The van der Waals surface area contributed by atoms with Gasteiger partial charge in [0.05, 0.1) is 29.0 Å². The number of aromatic carboxylic acids is 1. The summed E-state index contributed by atoms with van der Waals surface area (Å²) in [5.41, 5.74) is -11.0. The molecule has 0 bridgehead atoms. The van der Waals surface area contributed by atoms with E-state index >= 15 is 0 Å². The van der Waals surface area contributed by atoms with Gasteiger partial charge in [-0.25, -0.2) is 4.79 Å². The molecule has 17 nitrogen and oxygen atoms in total. The summed E-state index contributed by atoms with van der Waals surface area (Å²) in [5, 5.41) is 71.8. The van der Waals surface area contributed by atoms with Gasteiger partial charge in [0.2, 0.25) is 17.3 Å². The maximum absolute atomic E-state index is 14.5. The van der Waals surface area contributed by atoms with Crippen LogP contribution in [0.5, 0.6) is 11.5 Å². The molecular formula is C33H32N2O15. The highest BCUT2D eigenvalue weighted by Gasteiger charge is 2.72. The van der Waals surface area contributed by atoms with Crippen LogP contribution in [0.4, 0.5) is 0 Å². The molecule has 7 N–H and O–H groups in total. The highest BCUT2D eigenvalue weighted by molar-refractivity contribution is 6.31. The monoisotopic (exact) mass is 696 g/mol. The fourth-order valence-electron chi connectivity index (χ4n) is 7.73. The number of aryl methyl sites for hydroxylation is 1. The van der Waals surface area contributed by atoms with Crippen molar-refractivity contribution >= 4 is 34.8 Å². The van der Waals surface area contributed by atoms with Crippen molar-refractivity contribution < 1.29 is 73.7 Å². The van der Waals surface area contributed by atoms with E-state index in [1.165, 1.54) is 27.2 Å². The van der Waals surface area contributed by atoms with Gasteiger partial charge in [-0.1, -0.05) is 11.2 Å². The number of carboxylic acid groups (broad SMARTS) is 1. The molecule has 4 aliphatic rings. The van der Waals surface area contributed by atoms with Crippen LogP contribution >= 0.6 is 0 Å². The number of hydrogen-bond donors (Lipinski definition) is 7. The molecule has 1 heterocycles. The highest BCUT2D eigenvalue weighted by Crippen LogP contribution is 2.56. The number of nitrogens with one attached hydrogen (secondary N) is 1. The topological polar surface area (TPSA) is 268 Å². The number of aliphatic hydroxyl groups excluding tert-OH is 1. The van der Waals surface area contributed by atoms with Crippen LogP contribution in [-0.2, 0) is 31.0 Å². The summed E-state index contributed by atoms with van der Waals surface area (Å²) in [4.78, 5) is 68.4. The van der Waals surface area contributed by atoms with Crippen LogP contribution in [0.3, 0.4) is 0 Å². The van der Waals surface area contributed by atoms with Gasteiger partial charge in [0.25, 0.3) is 0 Å². The second kappa shape index (κ2) is 11.8. The Labute approximate surface area is 282 Å². The molecule has 0 saturated carbocycles. The van der Waals surface area contributed by atoms with E-state index in [-0.39, 0.29) is 16.8 Å². The first-order chi connectivity index (χ1) is 23.6. The SMILES string of the molecule is COC1/C(=N\O)C(OC)C(NC2=CC(=O)c3c(cc4c(c3O)C(=O)C3(OC)C(O)Cc5cc(C)c(C(=O)O)c(O)c5C3(O)C4=O)C2=O)OC1C. The number of ketones is 4. The lowest BCUT2D eigenvalue weighted by Crippen LogP contribution is -2.73. The quantitative estimate of drug-likeness (QED) is 0.156. The lowest BCUT2D eigenvalue weighted by Gasteiger charge is -2.52. The van der Waals surface area contributed by atoms with E-state index in [4.69, 9.17) is 18.9 Å². The second-order valence-corrected chi connectivity index (χ2v) is 12.3. The maximum Gasteiger partial charge on any atom is 0.339 e. The molecule has 17 heteroatoms. The van der Waals surface area contributed by atoms with Crippen molar-refractivity contribution in [2.24, 2.45) is 5.16 Å². The largest absolute Gasteiger partial charge is 0.507 e. The number of phenols is 2. The van der Waals surface area contributed by atoms with E-state index in [1.807, 2.05) is 0 Å². The van der Waals surface area contributed by atoms with Gasteiger partial charge >= 0.3 is 5.97 Å². The average Bonchev–Trinajstić information content (AvgIpc) is 3.05. The molecule has 50 heavy (non-hydrogen) atoms. The van der Waals surface area contributed by atoms with Crippen molar-refractivity contribution in [1.29, 1.82) is 0 Å². The molecular weight excluding hydrogens is 664 g/mol. The first-order valence-corrected chi connectivity index (χ1v) is 15.1. The molecule has 0 amide bonds. The van der Waals surface area contributed by atoms with Crippen molar-refractivity contribution in [3.63, 3.8) is 0 Å². The Morgan fingerprint density at radius 1 is 1.00 bits per heavy atom. The number of aliphatic hydroxyl groups is 2. The van der Waals surface area contributed by atoms with Crippen LogP contribution in [0.15, 0.2) is 29.1 Å². The van der Waals surface area contributed by atoms with Gasteiger partial charge < -0.3 is 55.0 Å². The number of rotatable bonds is 6. The lowest BCUT2D eigenvalue weighted by atomic mass is 9.56. The minimum absolute atomic E-state index is 0.00646. The highest BCUT2D eigenvalue weighted by atomic mass is 16.6. The van der Waals surface area contributed by atoms with E-state index in [1.54, 1.807) is 6.92 Å². The number of benzene rings is 2. The standard InChI is InChI=1S/C33H32N2O15/c1-10-6-12-7-17(37)33(49-5)29(42)20-14(28(41)32(33,45)21(12)25(40)18(10)31(43)44)8-13-19(24(20)39)16(36)9-15(23(13)38)34-30-27(48-4)22(35-46)26(47-3)11(2)50-30/h6,8-9,11,17,26-27,30,34,37,39-40,45-46H,7H2,1-5H3,(H,43,44)/b35-22+. The molecule has 0 aromatic heterocycles. The number of allylic oxidation sites excluding steroid dienone is 2. The smallest absolute Gasteiger partial charge is 0.339 e. The van der Waals surface area contributed by atoms with Crippen LogP contribution in [0.2, 0.25) is 0 Å². The Bertz CT molecular complexity index is 1990. The predicted octanol–water partition coefficient (Wildman–Crippen LogP) is 0.131. The molecule has 1 saturated heterocycles. The summed E-state index contributed by atoms with van der Waals surface area (Å²) in [7, 11) is 3.50. The molecule has 7 atom stereocenters. The van der Waals surface area contributed by atoms with Gasteiger partial charge in [0.15, 0.2) is 23.2 Å². The van der Waals surface area contributed by atoms with Crippen molar-refractivity contribution in [3.8, 4) is 11.5 Å². The average molecular weight is 697 g/mol. The number of carbonyl (C=O) groups excluding carboxylic acids is 4. The van der Waals surface area contributed by atoms with E-state index < -0.39 is 128 Å². The van der Waals surface area contributed by atoms with Gasteiger partial charge in [-0.05, 0) is 31.0 Å². The van der Waals surface area contributed by atoms with Gasteiger partial charge in [0, 0.05) is 50.5 Å². The van der Waals surface area contributed by atoms with Crippen LogP contribution in [-0.4, -0.2) is 123 Å². The third-order valence-corrected chi connectivity index (χ3v) is 9.91. The summed E-state index contributed by atoms with van der Waals surface area (Å²) < 4.78 is 22.1. The van der Waals surface area contributed by atoms with Crippen LogP contribution in [0.25, 0.3) is 0 Å². The summed E-state index contributed by atoms with van der Waals surface area (Å²) in [6.45, 7) is 2.93. The van der Waals surface area contributed by atoms with E-state index in [0.29, 0.717) is 0 Å². The Morgan fingerprint density at radius 2 is 1.66 bits per heavy atom. The van der Waals surface area contributed by atoms with Crippen molar-refractivity contribution in [2.75, 3.05) is 21.3 Å². The maximum atomic E-state index is 14.5. The number of oxime groups is 1. The molecule has 3 aliphatic carbocycles. The van der Waals surface area contributed by atoms with Gasteiger partial charge in [-0.15, -0.1) is 0 Å². The number of fused-ring (bicyclic) bond motifs is 5. The molecule has 6 rings (SSSR count). The van der Waals surface area contributed by atoms with Crippen molar-refractivity contribution in [3.05, 3.63) is 68.4 Å². The minimum atomic E-state index is -3.30. The summed E-state index contributed by atoms with van der Waals surface area (Å²) in [6.07, 6.45) is -5.64. The molecule has 2 aromatic rings. The number of methoxy groups -OCH3 is 3. The second-order valence-electron chi connectivity index (χ2n) is 12.3. The third-order valence-electron chi connectivity index (χ3n) is 9.91. The predicted molar refractivity (Wildman–Crippen MR) is 165 cm³/mol. The fraction of sp³-hybridized carbons (Fsp3) is 0.394. The summed E-state index contributed by atoms with van der Waals surface area (Å²) in [5.74, 6) is -8.61. The lowest BCUT2D eigenvalue weighted by molar-refractivity contribution is -0.181. The minimum Gasteiger partial charge on any atom is -0.507 e. The first kappa shape index (κ1) is 34.8. The molecule has 1 aliphatic heterocycles. The van der Waals surface area contributed by atoms with Gasteiger partial charge in [-0.2, -0.15) is 0 Å². The Morgan fingerprint density at radius 3 is 2.24 bits per heavy atom. The normalized spacial score (nSPS) is 31.1.